The molecule has 3 heterocycles. The van der Waals surface area contributed by atoms with Crippen molar-refractivity contribution in [1.29, 1.82) is 0 Å². The van der Waals surface area contributed by atoms with Gasteiger partial charge < -0.3 is 19.6 Å². The number of benzene rings is 2. The lowest BCUT2D eigenvalue weighted by atomic mass is 9.87. The number of ketones is 1. The van der Waals surface area contributed by atoms with E-state index in [4.69, 9.17) is 20.8 Å². The third-order valence-corrected chi connectivity index (χ3v) is 10.8. The molecule has 2 aliphatic heterocycles. The number of carbonyl (C=O) groups is 3. The zero-order valence-corrected chi connectivity index (χ0v) is 28.5. The largest absolute Gasteiger partial charge is 0.481 e. The number of likely N-dealkylation sites (tertiary alicyclic amines) is 1. The van der Waals surface area contributed by atoms with Gasteiger partial charge in [0.15, 0.2) is 5.78 Å². The second kappa shape index (κ2) is 14.2. The summed E-state index contributed by atoms with van der Waals surface area (Å²) in [5.74, 6) is -4.13. The molecule has 1 aromatic heterocycles. The van der Waals surface area contributed by atoms with Crippen LogP contribution in [0.3, 0.4) is 0 Å². The minimum Gasteiger partial charge on any atom is -0.481 e. The van der Waals surface area contributed by atoms with E-state index < -0.39 is 29.5 Å². The van der Waals surface area contributed by atoms with E-state index in [1.54, 1.807) is 24.3 Å². The van der Waals surface area contributed by atoms with Crippen molar-refractivity contribution >= 4 is 45.9 Å². The quantitative estimate of drug-likeness (QED) is 0.265. The summed E-state index contributed by atoms with van der Waals surface area (Å²) in [6.07, 6.45) is 4.58. The number of carboxylic acid groups (broad SMARTS) is 1. The number of para-hydroxylation sites is 1. The molecule has 3 fully saturated rings. The van der Waals surface area contributed by atoms with Crippen molar-refractivity contribution in [1.82, 2.24) is 14.7 Å². The van der Waals surface area contributed by atoms with Gasteiger partial charge in [0.1, 0.15) is 17.7 Å². The molecule has 48 heavy (non-hydrogen) atoms. The summed E-state index contributed by atoms with van der Waals surface area (Å²) in [6, 6.07) is 9.94. The highest BCUT2D eigenvalue weighted by molar-refractivity contribution is 6.34. The molecular weight excluding hydrogens is 639 g/mol. The number of ether oxygens (including phenoxy) is 1. The Kier molecular flexibility index (Phi) is 10.2. The first kappa shape index (κ1) is 34.5. The molecular formula is C36H44ClFN4O6. The maximum Gasteiger partial charge on any atom is 0.306 e. The van der Waals surface area contributed by atoms with E-state index in [9.17, 15) is 19.5 Å². The van der Waals surface area contributed by atoms with Gasteiger partial charge in [-0.15, -0.1) is 0 Å². The van der Waals surface area contributed by atoms with Crippen LogP contribution in [0, 0.1) is 11.7 Å². The van der Waals surface area contributed by atoms with Gasteiger partial charge in [0, 0.05) is 50.1 Å². The van der Waals surface area contributed by atoms with Gasteiger partial charge in [-0.05, 0) is 83.2 Å². The highest BCUT2D eigenvalue weighted by Gasteiger charge is 2.54. The highest BCUT2D eigenvalue weighted by Crippen LogP contribution is 2.38. The predicted octanol–water partition coefficient (Wildman–Crippen LogP) is 6.02. The van der Waals surface area contributed by atoms with Crippen molar-refractivity contribution in [3.8, 4) is 0 Å². The zero-order valence-electron chi connectivity index (χ0n) is 27.7. The van der Waals surface area contributed by atoms with Crippen LogP contribution in [-0.2, 0) is 20.7 Å². The topological polar surface area (TPSA) is 116 Å². The molecule has 2 saturated heterocycles. The number of anilines is 1. The molecule has 2 N–H and O–H groups in total. The van der Waals surface area contributed by atoms with E-state index in [1.807, 2.05) is 0 Å². The number of carbonyl (C=O) groups excluding carboxylic acids is 2. The van der Waals surface area contributed by atoms with Crippen molar-refractivity contribution in [2.75, 3.05) is 38.5 Å². The minimum atomic E-state index is -1.45. The molecule has 258 valence electrons. The number of fused-ring (bicyclic) bond motifs is 1. The highest BCUT2D eigenvalue weighted by atomic mass is 35.5. The number of amides is 1. The molecule has 0 bridgehead atoms. The van der Waals surface area contributed by atoms with Crippen LogP contribution < -0.4 is 5.32 Å². The van der Waals surface area contributed by atoms with Crippen molar-refractivity contribution in [3.05, 3.63) is 64.6 Å². The number of likely N-dealkylation sites (N-methyl/N-ethyl adjacent to an activating group) is 1. The maximum atomic E-state index is 15.9. The molecule has 12 heteroatoms. The van der Waals surface area contributed by atoms with Gasteiger partial charge >= 0.3 is 5.97 Å². The average Bonchev–Trinajstić information content (AvgIpc) is 3.76. The number of rotatable bonds is 10. The Hall–Kier alpha value is -3.35. The normalized spacial score (nSPS) is 25.6. The summed E-state index contributed by atoms with van der Waals surface area (Å²) >= 11 is 6.63. The Balaban J connectivity index is 1.30. The molecule has 10 nitrogen and oxygen atoms in total. The van der Waals surface area contributed by atoms with E-state index in [0.717, 1.165) is 18.9 Å². The Morgan fingerprint density at radius 2 is 1.71 bits per heavy atom. The van der Waals surface area contributed by atoms with Gasteiger partial charge in [0.25, 0.3) is 5.91 Å². The third kappa shape index (κ3) is 6.76. The van der Waals surface area contributed by atoms with Gasteiger partial charge in [0.05, 0.1) is 28.3 Å². The van der Waals surface area contributed by atoms with Gasteiger partial charge in [-0.2, -0.15) is 0 Å². The summed E-state index contributed by atoms with van der Waals surface area (Å²) in [4.78, 5) is 46.2. The number of carboxylic acids is 1. The third-order valence-electron chi connectivity index (χ3n) is 10.5. The lowest BCUT2D eigenvalue weighted by Crippen LogP contribution is -2.72. The number of aliphatic carboxylic acids is 1. The van der Waals surface area contributed by atoms with Crippen LogP contribution in [0.2, 0.25) is 5.02 Å². The van der Waals surface area contributed by atoms with Crippen molar-refractivity contribution in [2.45, 2.75) is 82.8 Å². The summed E-state index contributed by atoms with van der Waals surface area (Å²) in [6.45, 7) is 6.71. The smallest absolute Gasteiger partial charge is 0.306 e. The molecule has 3 aliphatic rings. The molecule has 0 radical (unpaired) electrons. The minimum absolute atomic E-state index is 0.0830. The maximum absolute atomic E-state index is 15.9. The number of nitrogens with zero attached hydrogens (tertiary/aromatic N) is 3. The van der Waals surface area contributed by atoms with E-state index in [0.29, 0.717) is 68.4 Å². The van der Waals surface area contributed by atoms with E-state index in [2.05, 4.69) is 40.9 Å². The fraction of sp³-hybridized carbons (Fsp3) is 0.528. The summed E-state index contributed by atoms with van der Waals surface area (Å²) in [7, 11) is 2.08. The number of Topliss-reactive ketones (excluding diaryl/α,β-unsaturated/α-hetero) is 1. The number of piperazine rings is 1. The molecule has 3 aromatic rings. The van der Waals surface area contributed by atoms with Crippen molar-refractivity contribution in [3.63, 3.8) is 0 Å². The average molecular weight is 683 g/mol. The second-order valence-corrected chi connectivity index (χ2v) is 14.0. The number of furan rings is 1. The Morgan fingerprint density at radius 1 is 1.04 bits per heavy atom. The van der Waals surface area contributed by atoms with Gasteiger partial charge in [-0.25, -0.2) is 4.39 Å². The molecule has 2 aromatic carbocycles. The fourth-order valence-electron chi connectivity index (χ4n) is 7.55. The molecule has 3 atom stereocenters. The predicted molar refractivity (Wildman–Crippen MR) is 181 cm³/mol. The van der Waals surface area contributed by atoms with E-state index >= 15 is 4.39 Å². The van der Waals surface area contributed by atoms with Crippen LogP contribution in [0.25, 0.3) is 11.0 Å². The SMILES string of the molecule is C[C@@H]1CN(C(OC2CCC(C(=O)O)CC2)(C(=O)Cc2cc(Cl)c(NC(=O)c3coc4ccccc34)cc2F)N2CCCC2)C[C@H](C)N1C. The monoisotopic (exact) mass is 682 g/mol. The fourth-order valence-corrected chi connectivity index (χ4v) is 7.78. The van der Waals surface area contributed by atoms with Gasteiger partial charge in [-0.1, -0.05) is 29.8 Å². The lowest BCUT2D eigenvalue weighted by Gasteiger charge is -2.54. The number of hydrogen-bond acceptors (Lipinski definition) is 8. The first-order chi connectivity index (χ1) is 23.0. The first-order valence-electron chi connectivity index (χ1n) is 16.9. The van der Waals surface area contributed by atoms with E-state index in [1.165, 1.54) is 12.3 Å². The van der Waals surface area contributed by atoms with Crippen LogP contribution in [0.1, 0.15) is 68.3 Å². The molecule has 1 amide bonds. The van der Waals surface area contributed by atoms with Crippen LogP contribution in [-0.4, -0.2) is 94.7 Å². The summed E-state index contributed by atoms with van der Waals surface area (Å²) in [5, 5.41) is 13.0. The van der Waals surface area contributed by atoms with Crippen LogP contribution in [0.5, 0.6) is 0 Å². The summed E-state index contributed by atoms with van der Waals surface area (Å²) in [5.41, 5.74) is 1.03. The van der Waals surface area contributed by atoms with Crippen molar-refractivity contribution in [2.24, 2.45) is 5.92 Å². The molecule has 1 saturated carbocycles. The Morgan fingerprint density at radius 3 is 2.38 bits per heavy atom. The Labute approximate surface area is 285 Å². The molecule has 1 aliphatic carbocycles. The zero-order chi connectivity index (χ0) is 34.2. The standard InChI is InChI=1S/C36H44ClFN4O6/c1-22-19-42(20-23(2)40(22)3)36(41-14-6-7-15-41,48-26-12-10-24(11-13-26)35(45)46)33(43)17-25-16-29(37)31(18-30(25)38)39-34(44)28-21-47-32-9-5-4-8-27(28)32/h4-5,8-9,16,18,21-24,26H,6-7,10-15,17,19-20H2,1-3H3,(H,39,44)(H,45,46)/t22-,23+,24?,26?,36?. The molecule has 0 spiro atoms. The number of hydrogen-bond donors (Lipinski definition) is 2. The lowest BCUT2D eigenvalue weighted by molar-refractivity contribution is -0.265. The van der Waals surface area contributed by atoms with Crippen LogP contribution in [0.4, 0.5) is 10.1 Å². The number of nitrogens with one attached hydrogen (secondary N) is 1. The number of halogens is 2. The van der Waals surface area contributed by atoms with Crippen molar-refractivity contribution < 1.29 is 33.0 Å². The van der Waals surface area contributed by atoms with E-state index in [-0.39, 0.29) is 46.7 Å². The summed E-state index contributed by atoms with van der Waals surface area (Å²) < 4.78 is 28.4. The van der Waals surface area contributed by atoms with Gasteiger partial charge in [0.2, 0.25) is 5.85 Å². The van der Waals surface area contributed by atoms with Gasteiger partial charge in [-0.3, -0.25) is 29.1 Å². The molecule has 6 rings (SSSR count). The molecule has 1 unspecified atom stereocenters. The van der Waals surface area contributed by atoms with Crippen LogP contribution >= 0.6 is 11.6 Å². The Bertz CT molecular complexity index is 1660. The second-order valence-electron chi connectivity index (χ2n) is 13.6. The first-order valence-corrected chi connectivity index (χ1v) is 17.3. The van der Waals surface area contributed by atoms with Crippen LogP contribution in [0.15, 0.2) is 47.1 Å².